The first kappa shape index (κ1) is 27.4. The number of hydrogen-bond acceptors (Lipinski definition) is 5. The summed E-state index contributed by atoms with van der Waals surface area (Å²) in [6.45, 7) is 2.17. The summed E-state index contributed by atoms with van der Waals surface area (Å²) in [7, 11) is 0. The first-order chi connectivity index (χ1) is 13.9. The first-order valence-corrected chi connectivity index (χ1v) is 11.2. The minimum absolute atomic E-state index is 0.181. The summed E-state index contributed by atoms with van der Waals surface area (Å²) in [5, 5.41) is 27.8. The molecule has 0 aliphatic carbocycles. The number of unbranched alkanes of at least 4 members (excludes halogenated alkanes) is 9. The van der Waals surface area contributed by atoms with Crippen molar-refractivity contribution in [3.8, 4) is 0 Å². The van der Waals surface area contributed by atoms with E-state index in [1.807, 2.05) is 0 Å². The average molecular weight is 417 g/mol. The second-order valence-corrected chi connectivity index (χ2v) is 7.75. The van der Waals surface area contributed by atoms with Crippen LogP contribution in [0, 0.1) is 0 Å². The zero-order valence-electron chi connectivity index (χ0n) is 17.9. The fourth-order valence-corrected chi connectivity index (χ4v) is 3.24. The third kappa shape index (κ3) is 18.2. The Morgan fingerprint density at radius 2 is 1.21 bits per heavy atom. The number of carboxylic acids is 2. The molecular formula is C22H40O7. The van der Waals surface area contributed by atoms with Crippen molar-refractivity contribution in [2.75, 3.05) is 0 Å². The molecule has 0 bridgehead atoms. The van der Waals surface area contributed by atoms with Crippen LogP contribution < -0.4 is 0 Å². The fourth-order valence-electron chi connectivity index (χ4n) is 3.24. The topological polar surface area (TPSA) is 121 Å². The van der Waals surface area contributed by atoms with Gasteiger partial charge in [-0.05, 0) is 25.7 Å². The van der Waals surface area contributed by atoms with Gasteiger partial charge in [-0.2, -0.15) is 0 Å². The van der Waals surface area contributed by atoms with Crippen molar-refractivity contribution in [3.63, 3.8) is 0 Å². The summed E-state index contributed by atoms with van der Waals surface area (Å²) in [6.07, 6.45) is 10.2. The molecule has 0 fully saturated rings. The summed E-state index contributed by atoms with van der Waals surface area (Å²) >= 11 is 0. The molecule has 29 heavy (non-hydrogen) atoms. The van der Waals surface area contributed by atoms with Crippen LogP contribution in [0.5, 0.6) is 0 Å². The van der Waals surface area contributed by atoms with E-state index in [0.29, 0.717) is 19.3 Å². The van der Waals surface area contributed by atoms with E-state index >= 15 is 0 Å². The highest BCUT2D eigenvalue weighted by molar-refractivity contribution is 5.76. The maximum Gasteiger partial charge on any atom is 0.306 e. The number of aliphatic hydroxyl groups is 1. The summed E-state index contributed by atoms with van der Waals surface area (Å²) < 4.78 is 5.39. The zero-order valence-corrected chi connectivity index (χ0v) is 17.9. The van der Waals surface area contributed by atoms with Gasteiger partial charge in [-0.15, -0.1) is 0 Å². The van der Waals surface area contributed by atoms with Gasteiger partial charge in [-0.1, -0.05) is 64.7 Å². The molecular weight excluding hydrogens is 376 g/mol. The molecule has 0 heterocycles. The fraction of sp³-hybridized carbons (Fsp3) is 0.864. The first-order valence-electron chi connectivity index (χ1n) is 11.2. The summed E-state index contributed by atoms with van der Waals surface area (Å²) in [5.41, 5.74) is 0. The molecule has 0 saturated heterocycles. The predicted octanol–water partition coefficient (Wildman–Crippen LogP) is 4.69. The van der Waals surface area contributed by atoms with Crippen molar-refractivity contribution < 1.29 is 34.4 Å². The number of carbonyl (C=O) groups is 3. The highest BCUT2D eigenvalue weighted by Gasteiger charge is 2.23. The molecule has 0 spiro atoms. The number of hydrogen-bond donors (Lipinski definition) is 3. The molecule has 2 unspecified atom stereocenters. The number of carbonyl (C=O) groups excluding carboxylic acids is 1. The number of carboxylic acid groups (broad SMARTS) is 2. The van der Waals surface area contributed by atoms with Crippen LogP contribution in [0.1, 0.15) is 110 Å². The Morgan fingerprint density at radius 1 is 0.690 bits per heavy atom. The van der Waals surface area contributed by atoms with Crippen LogP contribution in [0.2, 0.25) is 0 Å². The summed E-state index contributed by atoms with van der Waals surface area (Å²) in [6, 6.07) is 0. The van der Waals surface area contributed by atoms with Gasteiger partial charge in [-0.25, -0.2) is 0 Å². The van der Waals surface area contributed by atoms with Gasteiger partial charge in [0.1, 0.15) is 6.10 Å². The molecule has 0 aromatic rings. The van der Waals surface area contributed by atoms with Crippen LogP contribution in [-0.2, 0) is 19.1 Å². The third-order valence-electron chi connectivity index (χ3n) is 4.99. The molecule has 0 rings (SSSR count). The molecule has 0 aromatic heterocycles. The van der Waals surface area contributed by atoms with Gasteiger partial charge in [0.15, 0.2) is 0 Å². The van der Waals surface area contributed by atoms with Gasteiger partial charge < -0.3 is 20.1 Å². The molecule has 0 amide bonds. The van der Waals surface area contributed by atoms with Crippen LogP contribution in [0.15, 0.2) is 0 Å². The van der Waals surface area contributed by atoms with Gasteiger partial charge in [0.05, 0.1) is 18.9 Å². The molecule has 0 aromatic carbocycles. The number of aliphatic carboxylic acids is 2. The van der Waals surface area contributed by atoms with Crippen molar-refractivity contribution in [1.82, 2.24) is 0 Å². The lowest BCUT2D eigenvalue weighted by atomic mass is 9.99. The molecule has 7 nitrogen and oxygen atoms in total. The lowest BCUT2D eigenvalue weighted by Crippen LogP contribution is -2.31. The van der Waals surface area contributed by atoms with E-state index < -0.39 is 30.1 Å². The predicted molar refractivity (Wildman–Crippen MR) is 111 cm³/mol. The standard InChI is InChI=1S/C22H40O7/c1-2-3-4-5-7-10-13-18(23)19(29-22(28)17-16-21(26)27)14-11-8-6-9-12-15-20(24)25/h18-19,23H,2-17H2,1H3,(H,24,25)(H,26,27). The van der Waals surface area contributed by atoms with E-state index in [2.05, 4.69) is 6.92 Å². The largest absolute Gasteiger partial charge is 0.481 e. The van der Waals surface area contributed by atoms with Crippen LogP contribution in [-0.4, -0.2) is 45.4 Å². The highest BCUT2D eigenvalue weighted by atomic mass is 16.6. The number of ether oxygens (including phenoxy) is 1. The van der Waals surface area contributed by atoms with E-state index in [0.717, 1.165) is 44.9 Å². The number of rotatable bonds is 20. The SMILES string of the molecule is CCCCCCCCC(O)C(CCCCCCCC(=O)O)OC(=O)CCC(=O)O. The van der Waals surface area contributed by atoms with Crippen molar-refractivity contribution in [2.45, 2.75) is 122 Å². The maximum absolute atomic E-state index is 11.9. The number of esters is 1. The Kier molecular flexibility index (Phi) is 17.4. The lowest BCUT2D eigenvalue weighted by Gasteiger charge is -2.23. The zero-order chi connectivity index (χ0) is 21.9. The van der Waals surface area contributed by atoms with Gasteiger partial charge in [0, 0.05) is 6.42 Å². The van der Waals surface area contributed by atoms with Crippen molar-refractivity contribution >= 4 is 17.9 Å². The van der Waals surface area contributed by atoms with Crippen LogP contribution in [0.4, 0.5) is 0 Å². The van der Waals surface area contributed by atoms with Crippen molar-refractivity contribution in [3.05, 3.63) is 0 Å². The van der Waals surface area contributed by atoms with Gasteiger partial charge >= 0.3 is 17.9 Å². The van der Waals surface area contributed by atoms with E-state index in [9.17, 15) is 19.5 Å². The minimum atomic E-state index is -1.05. The second-order valence-electron chi connectivity index (χ2n) is 7.75. The van der Waals surface area contributed by atoms with Crippen molar-refractivity contribution in [2.24, 2.45) is 0 Å². The minimum Gasteiger partial charge on any atom is -0.481 e. The van der Waals surface area contributed by atoms with E-state index in [1.54, 1.807) is 0 Å². The number of aliphatic hydroxyl groups excluding tert-OH is 1. The Balaban J connectivity index is 4.27. The Bertz CT molecular complexity index is 450. The van der Waals surface area contributed by atoms with Crippen LogP contribution >= 0.6 is 0 Å². The third-order valence-corrected chi connectivity index (χ3v) is 4.99. The van der Waals surface area contributed by atoms with Gasteiger partial charge in [0.25, 0.3) is 0 Å². The Labute approximate surface area is 174 Å². The lowest BCUT2D eigenvalue weighted by molar-refractivity contribution is -0.158. The molecule has 170 valence electrons. The normalized spacial score (nSPS) is 13.0. The van der Waals surface area contributed by atoms with Crippen LogP contribution in [0.25, 0.3) is 0 Å². The molecule has 0 aliphatic heterocycles. The Morgan fingerprint density at radius 3 is 1.79 bits per heavy atom. The summed E-state index contributed by atoms with van der Waals surface area (Å²) in [4.78, 5) is 33.0. The van der Waals surface area contributed by atoms with E-state index in [-0.39, 0.29) is 19.3 Å². The molecule has 2 atom stereocenters. The summed E-state index contributed by atoms with van der Waals surface area (Å²) in [5.74, 6) is -2.41. The van der Waals surface area contributed by atoms with E-state index in [1.165, 1.54) is 19.3 Å². The van der Waals surface area contributed by atoms with Gasteiger partial charge in [-0.3, -0.25) is 14.4 Å². The van der Waals surface area contributed by atoms with E-state index in [4.69, 9.17) is 14.9 Å². The maximum atomic E-state index is 11.9. The van der Waals surface area contributed by atoms with Gasteiger partial charge in [0.2, 0.25) is 0 Å². The van der Waals surface area contributed by atoms with Crippen molar-refractivity contribution in [1.29, 1.82) is 0 Å². The quantitative estimate of drug-likeness (QED) is 0.194. The molecule has 0 aliphatic rings. The van der Waals surface area contributed by atoms with Crippen LogP contribution in [0.3, 0.4) is 0 Å². The Hall–Kier alpha value is -1.63. The molecule has 0 saturated carbocycles. The average Bonchev–Trinajstić information content (AvgIpc) is 2.66. The molecule has 3 N–H and O–H groups in total. The smallest absolute Gasteiger partial charge is 0.306 e. The second kappa shape index (κ2) is 18.4. The highest BCUT2D eigenvalue weighted by Crippen LogP contribution is 2.18. The molecule has 0 radical (unpaired) electrons. The molecule has 7 heteroatoms. The monoisotopic (exact) mass is 416 g/mol.